The molecular formula is C23H23N5O3S. The van der Waals surface area contributed by atoms with E-state index in [4.69, 9.17) is 5.10 Å². The van der Waals surface area contributed by atoms with Crippen molar-refractivity contribution < 1.29 is 13.2 Å². The van der Waals surface area contributed by atoms with Crippen LogP contribution in [0.15, 0.2) is 84.0 Å². The van der Waals surface area contributed by atoms with E-state index in [1.165, 1.54) is 23.9 Å². The first-order valence-corrected chi connectivity index (χ1v) is 11.4. The number of nitrogens with zero attached hydrogens (tertiary/aromatic N) is 3. The summed E-state index contributed by atoms with van der Waals surface area (Å²) in [6.07, 6.45) is 3.30. The molecule has 0 bridgehead atoms. The Labute approximate surface area is 186 Å². The molecule has 164 valence electrons. The fraction of sp³-hybridized carbons (Fsp3) is 0.130. The van der Waals surface area contributed by atoms with Crippen molar-refractivity contribution in [3.63, 3.8) is 0 Å². The fourth-order valence-electron chi connectivity index (χ4n) is 3.38. The van der Waals surface area contributed by atoms with Crippen molar-refractivity contribution in [2.45, 2.75) is 11.4 Å². The average Bonchev–Trinajstić information content (AvgIpc) is 3.43. The molecule has 0 fully saturated rings. The van der Waals surface area contributed by atoms with Gasteiger partial charge in [-0.05, 0) is 25.2 Å². The van der Waals surface area contributed by atoms with Crippen LogP contribution >= 0.6 is 0 Å². The number of rotatable bonds is 7. The normalized spacial score (nSPS) is 11.4. The summed E-state index contributed by atoms with van der Waals surface area (Å²) in [4.78, 5) is 12.9. The third kappa shape index (κ3) is 4.34. The highest BCUT2D eigenvalue weighted by Crippen LogP contribution is 2.24. The summed E-state index contributed by atoms with van der Waals surface area (Å²) in [6, 6.07) is 20.8. The first-order valence-electron chi connectivity index (χ1n) is 9.96. The Morgan fingerprint density at radius 3 is 2.31 bits per heavy atom. The largest absolute Gasteiger partial charge is 0.347 e. The second-order valence-corrected chi connectivity index (χ2v) is 9.10. The van der Waals surface area contributed by atoms with Gasteiger partial charge in [-0.1, -0.05) is 48.5 Å². The van der Waals surface area contributed by atoms with Crippen LogP contribution < -0.4 is 10.0 Å². The van der Waals surface area contributed by atoms with Crippen molar-refractivity contribution in [3.8, 4) is 16.9 Å². The minimum absolute atomic E-state index is 0.0366. The molecule has 0 radical (unpaired) electrons. The van der Waals surface area contributed by atoms with Crippen LogP contribution in [0, 0.1) is 0 Å². The molecule has 8 nitrogen and oxygen atoms in total. The van der Waals surface area contributed by atoms with Crippen LogP contribution in [0.3, 0.4) is 0 Å². The standard InChI is InChI=1S/C23H23N5O3S/c1-24-32(30,31)20-13-21(27(2)16-20)23(29)25-14-18-15-28(19-11-7-4-8-12-19)26-22(18)17-9-5-3-6-10-17/h3-13,15-16,24H,14H2,1-2H3,(H,25,29). The number of aryl methyl sites for hydroxylation is 1. The molecule has 9 heteroatoms. The minimum Gasteiger partial charge on any atom is -0.347 e. The maximum atomic E-state index is 12.8. The topological polar surface area (TPSA) is 98.0 Å². The summed E-state index contributed by atoms with van der Waals surface area (Å²) in [7, 11) is -0.672. The Hall–Kier alpha value is -3.69. The molecule has 0 atom stereocenters. The molecule has 4 rings (SSSR count). The van der Waals surface area contributed by atoms with Crippen molar-refractivity contribution >= 4 is 15.9 Å². The molecule has 2 aromatic carbocycles. The number of aromatic nitrogens is 3. The van der Waals surface area contributed by atoms with Crippen LogP contribution in [0.2, 0.25) is 0 Å². The lowest BCUT2D eigenvalue weighted by molar-refractivity contribution is 0.0943. The summed E-state index contributed by atoms with van der Waals surface area (Å²) in [5.41, 5.74) is 3.70. The van der Waals surface area contributed by atoms with Gasteiger partial charge in [0.05, 0.1) is 11.4 Å². The van der Waals surface area contributed by atoms with E-state index < -0.39 is 10.0 Å². The summed E-state index contributed by atoms with van der Waals surface area (Å²) in [6.45, 7) is 0.231. The Morgan fingerprint density at radius 1 is 1.00 bits per heavy atom. The molecule has 0 aliphatic rings. The maximum absolute atomic E-state index is 12.8. The average molecular weight is 450 g/mol. The predicted octanol–water partition coefficient (Wildman–Crippen LogP) is 2.72. The summed E-state index contributed by atoms with van der Waals surface area (Å²) >= 11 is 0. The van der Waals surface area contributed by atoms with Crippen LogP contribution in [0.4, 0.5) is 0 Å². The number of carbonyl (C=O) groups is 1. The van der Waals surface area contributed by atoms with Gasteiger partial charge in [0.1, 0.15) is 10.6 Å². The van der Waals surface area contributed by atoms with E-state index in [1.54, 1.807) is 11.7 Å². The second-order valence-electron chi connectivity index (χ2n) is 7.21. The van der Waals surface area contributed by atoms with Gasteiger partial charge in [0.25, 0.3) is 5.91 Å². The number of hydrogen-bond donors (Lipinski definition) is 2. The van der Waals surface area contributed by atoms with Crippen LogP contribution in [0.25, 0.3) is 16.9 Å². The van der Waals surface area contributed by atoms with Gasteiger partial charge in [-0.3, -0.25) is 4.79 Å². The number of amides is 1. The van der Waals surface area contributed by atoms with Crippen molar-refractivity contribution in [2.75, 3.05) is 7.05 Å². The van der Waals surface area contributed by atoms with E-state index in [9.17, 15) is 13.2 Å². The van der Waals surface area contributed by atoms with E-state index in [2.05, 4.69) is 10.0 Å². The lowest BCUT2D eigenvalue weighted by Crippen LogP contribution is -2.24. The monoisotopic (exact) mass is 449 g/mol. The van der Waals surface area contributed by atoms with E-state index in [-0.39, 0.29) is 23.0 Å². The number of benzene rings is 2. The van der Waals surface area contributed by atoms with Crippen LogP contribution in [0.1, 0.15) is 16.1 Å². The molecule has 2 heterocycles. The van der Waals surface area contributed by atoms with Crippen LogP contribution in [-0.4, -0.2) is 35.7 Å². The maximum Gasteiger partial charge on any atom is 0.268 e. The molecule has 2 aromatic heterocycles. The highest BCUT2D eigenvalue weighted by Gasteiger charge is 2.20. The Morgan fingerprint density at radius 2 is 1.66 bits per heavy atom. The van der Waals surface area contributed by atoms with E-state index in [0.717, 1.165) is 22.5 Å². The Bertz CT molecular complexity index is 1340. The molecule has 0 saturated heterocycles. The molecule has 0 aliphatic heterocycles. The number of carbonyl (C=O) groups excluding carboxylic acids is 1. The van der Waals surface area contributed by atoms with E-state index in [0.29, 0.717) is 0 Å². The third-order valence-electron chi connectivity index (χ3n) is 5.09. The zero-order valence-electron chi connectivity index (χ0n) is 17.7. The Kier molecular flexibility index (Phi) is 5.93. The lowest BCUT2D eigenvalue weighted by atomic mass is 10.1. The first-order chi connectivity index (χ1) is 15.4. The zero-order valence-corrected chi connectivity index (χ0v) is 18.5. The number of para-hydroxylation sites is 1. The van der Waals surface area contributed by atoms with Gasteiger partial charge >= 0.3 is 0 Å². The van der Waals surface area contributed by atoms with Crippen molar-refractivity contribution in [2.24, 2.45) is 7.05 Å². The van der Waals surface area contributed by atoms with E-state index >= 15 is 0 Å². The zero-order chi connectivity index (χ0) is 22.7. The summed E-state index contributed by atoms with van der Waals surface area (Å²) in [5, 5.41) is 7.62. The van der Waals surface area contributed by atoms with Crippen molar-refractivity contribution in [1.29, 1.82) is 0 Å². The molecule has 32 heavy (non-hydrogen) atoms. The molecule has 2 N–H and O–H groups in total. The van der Waals surface area contributed by atoms with E-state index in [1.807, 2.05) is 66.9 Å². The number of hydrogen-bond acceptors (Lipinski definition) is 4. The molecule has 1 amide bonds. The smallest absolute Gasteiger partial charge is 0.268 e. The van der Waals surface area contributed by atoms with Gasteiger partial charge < -0.3 is 9.88 Å². The van der Waals surface area contributed by atoms with Gasteiger partial charge in [-0.2, -0.15) is 5.10 Å². The first kappa shape index (κ1) is 21.5. The van der Waals surface area contributed by atoms with Crippen LogP contribution in [-0.2, 0) is 23.6 Å². The summed E-state index contributed by atoms with van der Waals surface area (Å²) < 4.78 is 29.6. The quantitative estimate of drug-likeness (QED) is 0.453. The Balaban J connectivity index is 1.62. The highest BCUT2D eigenvalue weighted by atomic mass is 32.2. The van der Waals surface area contributed by atoms with Crippen molar-refractivity contribution in [1.82, 2.24) is 24.4 Å². The molecule has 0 saturated carbocycles. The van der Waals surface area contributed by atoms with Gasteiger partial charge in [-0.15, -0.1) is 0 Å². The molecule has 0 unspecified atom stereocenters. The molecule has 4 aromatic rings. The SMILES string of the molecule is CNS(=O)(=O)c1cc(C(=O)NCc2cn(-c3ccccc3)nc2-c2ccccc2)n(C)c1. The minimum atomic E-state index is -3.63. The second kappa shape index (κ2) is 8.81. The summed E-state index contributed by atoms with van der Waals surface area (Å²) in [5.74, 6) is -0.378. The number of nitrogens with one attached hydrogen (secondary N) is 2. The lowest BCUT2D eigenvalue weighted by Gasteiger charge is -2.06. The van der Waals surface area contributed by atoms with Crippen molar-refractivity contribution in [3.05, 3.63) is 90.4 Å². The molecular weight excluding hydrogens is 426 g/mol. The highest BCUT2D eigenvalue weighted by molar-refractivity contribution is 7.89. The fourth-order valence-corrected chi connectivity index (χ4v) is 4.18. The third-order valence-corrected chi connectivity index (χ3v) is 6.47. The van der Waals surface area contributed by atoms with Gasteiger partial charge in [0.2, 0.25) is 10.0 Å². The molecule has 0 aliphatic carbocycles. The van der Waals surface area contributed by atoms with Gasteiger partial charge in [0, 0.05) is 37.1 Å². The predicted molar refractivity (Wildman–Crippen MR) is 122 cm³/mol. The van der Waals surface area contributed by atoms with Crippen LogP contribution in [0.5, 0.6) is 0 Å². The van der Waals surface area contributed by atoms with Gasteiger partial charge in [0.15, 0.2) is 0 Å². The van der Waals surface area contributed by atoms with Gasteiger partial charge in [-0.25, -0.2) is 17.8 Å². The number of sulfonamides is 1. The molecule has 0 spiro atoms.